The van der Waals surface area contributed by atoms with E-state index >= 15 is 0 Å². The van der Waals surface area contributed by atoms with Crippen molar-refractivity contribution < 1.29 is 38.4 Å². The van der Waals surface area contributed by atoms with E-state index in [-0.39, 0.29) is 44.6 Å². The van der Waals surface area contributed by atoms with E-state index in [4.69, 9.17) is 22.9 Å². The number of fused-ring (bicyclic) bond motifs is 4. The van der Waals surface area contributed by atoms with Crippen LogP contribution < -0.4 is 54.8 Å². The second kappa shape index (κ2) is 25.0. The summed E-state index contributed by atoms with van der Waals surface area (Å²) in [4.78, 5) is 128. The van der Waals surface area contributed by atoms with Crippen LogP contribution in [0.25, 0.3) is 10.9 Å². The molecule has 0 spiro atoms. The molecule has 3 aromatic heterocycles. The number of hydrogen-bond acceptors (Lipinski definition) is 13. The highest BCUT2D eigenvalue weighted by molar-refractivity contribution is 5.98. The number of nitrogens with two attached hydrogens (primary N) is 4. The summed E-state index contributed by atoms with van der Waals surface area (Å²) >= 11 is 0. The van der Waals surface area contributed by atoms with Crippen LogP contribution in [-0.4, -0.2) is 137 Å². The zero-order valence-corrected chi connectivity index (χ0v) is 42.5. The van der Waals surface area contributed by atoms with E-state index in [1.807, 2.05) is 24.3 Å². The molecule has 26 nitrogen and oxygen atoms in total. The molecule has 7 rings (SSSR count). The number of aromatic amines is 2. The number of nitrogens with zero attached hydrogens (tertiary/aromatic N) is 6. The maximum absolute atomic E-state index is 14.9. The van der Waals surface area contributed by atoms with Crippen molar-refractivity contribution in [2.24, 2.45) is 33.8 Å². The molecule has 2 aromatic carbocycles. The minimum absolute atomic E-state index is 0.0436. The quantitative estimate of drug-likeness (QED) is 0.0613. The zero-order chi connectivity index (χ0) is 54.6. The number of imidazole rings is 1. The molecular weight excluding hydrogens is 981 g/mol. The number of aryl methyl sites for hydroxylation is 1. The van der Waals surface area contributed by atoms with E-state index < -0.39 is 102 Å². The van der Waals surface area contributed by atoms with Gasteiger partial charge < -0.3 is 69.7 Å². The number of aliphatic imine (C=N–C) groups is 1. The number of rotatable bonds is 8. The fraction of sp³-hybridized carbons (Fsp3) is 0.440. The first kappa shape index (κ1) is 55.1. The Morgan fingerprint density at radius 1 is 0.763 bits per heavy atom. The number of para-hydroxylation sites is 1. The number of aromatic nitrogens is 6. The van der Waals surface area contributed by atoms with Gasteiger partial charge in [-0.25, -0.2) is 9.98 Å². The van der Waals surface area contributed by atoms with Crippen LogP contribution in [0.5, 0.6) is 0 Å². The lowest BCUT2D eigenvalue weighted by atomic mass is 10.0. The Balaban J connectivity index is 1.21. The predicted molar refractivity (Wildman–Crippen MR) is 277 cm³/mol. The van der Waals surface area contributed by atoms with Crippen LogP contribution in [0.4, 0.5) is 5.69 Å². The van der Waals surface area contributed by atoms with Gasteiger partial charge in [0.2, 0.25) is 47.3 Å². The van der Waals surface area contributed by atoms with E-state index in [1.54, 1.807) is 50.5 Å². The molecule has 16 N–H and O–H groups in total. The van der Waals surface area contributed by atoms with E-state index in [0.717, 1.165) is 10.9 Å². The van der Waals surface area contributed by atoms with Gasteiger partial charge in [0.15, 0.2) is 5.96 Å². The van der Waals surface area contributed by atoms with Crippen LogP contribution >= 0.6 is 0 Å². The van der Waals surface area contributed by atoms with Crippen molar-refractivity contribution >= 4 is 69.8 Å². The van der Waals surface area contributed by atoms with Crippen molar-refractivity contribution in [3.63, 3.8) is 0 Å². The van der Waals surface area contributed by atoms with E-state index in [0.29, 0.717) is 54.0 Å². The van der Waals surface area contributed by atoms with Crippen LogP contribution in [0.1, 0.15) is 81.4 Å². The molecule has 0 saturated carbocycles. The number of guanidine groups is 1. The highest BCUT2D eigenvalue weighted by Crippen LogP contribution is 2.24. The molecule has 1 fully saturated rings. The SMILES string of the molecule is CC(C)[C@@H]1NC(=O)[C@H](C)NC(=O)[C@H](Cc2c[nH]c3ccccc23)NC(=O)[C@@H]2CCCN2C(=O)[C@H](Cc2cnc[nH]2)NC(=O)[C@@H](c2ccc(N=C(N)N)cc2)NC(=O)[C@@H](N)CCCCn2cc(nn2)C[C@@H](C(N)=O)NC1=O. The van der Waals surface area contributed by atoms with Crippen molar-refractivity contribution in [3.05, 3.63) is 96.0 Å². The number of amides is 8. The molecule has 76 heavy (non-hydrogen) atoms. The third-order valence-corrected chi connectivity index (χ3v) is 13.3. The molecule has 2 aliphatic rings. The summed E-state index contributed by atoms with van der Waals surface area (Å²) in [5, 5.41) is 25.5. The first-order valence-corrected chi connectivity index (χ1v) is 25.1. The molecule has 0 unspecified atom stereocenters. The van der Waals surface area contributed by atoms with Crippen molar-refractivity contribution in [3.8, 4) is 0 Å². The lowest BCUT2D eigenvalue weighted by Crippen LogP contribution is -2.60. The van der Waals surface area contributed by atoms with Gasteiger partial charge in [0.05, 0.1) is 23.8 Å². The van der Waals surface area contributed by atoms with Gasteiger partial charge in [-0.15, -0.1) is 5.10 Å². The fourth-order valence-electron chi connectivity index (χ4n) is 9.21. The van der Waals surface area contributed by atoms with Crippen molar-refractivity contribution in [1.82, 2.24) is 66.7 Å². The highest BCUT2D eigenvalue weighted by atomic mass is 16.2. The van der Waals surface area contributed by atoms with Gasteiger partial charge in [0.25, 0.3) is 0 Å². The second-order valence-corrected chi connectivity index (χ2v) is 19.4. The molecule has 0 aliphatic carbocycles. The predicted octanol–water partition coefficient (Wildman–Crippen LogP) is -1.64. The third-order valence-electron chi connectivity index (χ3n) is 13.3. The summed E-state index contributed by atoms with van der Waals surface area (Å²) in [6.45, 7) is 5.26. The standard InChI is InChI=1S/C50H66N18O8/c1-26(2)40-47(74)60-36(42(52)69)21-32-24-67(66-65-32)17-7-6-10-34(51)44(71)64-41(28-13-15-30(16-14-28)59-50(53)54)48(75)62-38(20-31-23-55-25-57-31)49(76)68-18-8-12-39(68)46(73)61-37(45(72)58-27(3)43(70)63-40)19-29-22-56-35-11-5-4-9-33(29)35/h4-5,9,11,13-16,22-27,34,36-41,56H,6-8,10,12,17-21,51H2,1-3H3,(H2,52,69)(H,55,57)(H,58,72)(H,60,74)(H,61,73)(H,62,75)(H,63,70)(H,64,71)(H4,53,54,59)/t27-,34-,36-,37-,38-,39-,40-,41+/m0/s1. The van der Waals surface area contributed by atoms with E-state index in [9.17, 15) is 38.4 Å². The number of H-pyrrole nitrogens is 2. The number of benzene rings is 2. The first-order chi connectivity index (χ1) is 36.3. The van der Waals surface area contributed by atoms with Crippen molar-refractivity contribution in [2.75, 3.05) is 6.54 Å². The van der Waals surface area contributed by atoms with Gasteiger partial charge in [-0.1, -0.05) is 49.4 Å². The minimum Gasteiger partial charge on any atom is -0.370 e. The Labute approximate surface area is 437 Å². The van der Waals surface area contributed by atoms with Crippen LogP contribution in [0, 0.1) is 5.92 Å². The largest absolute Gasteiger partial charge is 0.370 e. The molecule has 1 saturated heterocycles. The van der Waals surface area contributed by atoms with Gasteiger partial charge in [0, 0.05) is 67.5 Å². The Bertz CT molecular complexity index is 2910. The molecule has 2 aliphatic heterocycles. The van der Waals surface area contributed by atoms with Gasteiger partial charge >= 0.3 is 0 Å². The Morgan fingerprint density at radius 3 is 2.22 bits per heavy atom. The monoisotopic (exact) mass is 1050 g/mol. The zero-order valence-electron chi connectivity index (χ0n) is 42.5. The number of nitrogens with one attached hydrogen (secondary N) is 8. The van der Waals surface area contributed by atoms with Crippen molar-refractivity contribution in [2.45, 2.75) is 127 Å². The first-order valence-electron chi connectivity index (χ1n) is 25.1. The molecular formula is C50H66N18O8. The second-order valence-electron chi connectivity index (χ2n) is 19.4. The topological polar surface area (TPSA) is 404 Å². The summed E-state index contributed by atoms with van der Waals surface area (Å²) in [6, 6.07) is 3.68. The summed E-state index contributed by atoms with van der Waals surface area (Å²) in [7, 11) is 0. The fourth-order valence-corrected chi connectivity index (χ4v) is 9.21. The van der Waals surface area contributed by atoms with Gasteiger partial charge in [0.1, 0.15) is 42.3 Å². The summed E-state index contributed by atoms with van der Waals surface area (Å²) in [5.41, 5.74) is 26.3. The Kier molecular flexibility index (Phi) is 18.1. The molecule has 8 amide bonds. The number of carbonyl (C=O) groups excluding carboxylic acids is 8. The molecule has 26 heteroatoms. The molecule has 5 aromatic rings. The molecule has 8 atom stereocenters. The molecule has 2 bridgehead atoms. The lowest BCUT2D eigenvalue weighted by Gasteiger charge is -2.31. The van der Waals surface area contributed by atoms with Gasteiger partial charge in [-0.3, -0.25) is 43.0 Å². The van der Waals surface area contributed by atoms with Crippen LogP contribution in [0.3, 0.4) is 0 Å². The summed E-state index contributed by atoms with van der Waals surface area (Å²) in [5.74, 6) is -6.48. The highest BCUT2D eigenvalue weighted by Gasteiger charge is 2.41. The van der Waals surface area contributed by atoms with Crippen LogP contribution in [-0.2, 0) is 64.2 Å². The van der Waals surface area contributed by atoms with Gasteiger partial charge in [-0.2, -0.15) is 0 Å². The Morgan fingerprint density at radius 2 is 1.51 bits per heavy atom. The van der Waals surface area contributed by atoms with Crippen LogP contribution in [0.2, 0.25) is 0 Å². The van der Waals surface area contributed by atoms with Crippen LogP contribution in [0.15, 0.2) is 78.4 Å². The number of carbonyl (C=O) groups is 8. The third kappa shape index (κ3) is 14.1. The van der Waals surface area contributed by atoms with Gasteiger partial charge in [-0.05, 0) is 74.3 Å². The maximum atomic E-state index is 14.9. The van der Waals surface area contributed by atoms with E-state index in [1.165, 1.54) is 29.0 Å². The minimum atomic E-state index is -1.39. The Hall–Kier alpha value is -8.68. The summed E-state index contributed by atoms with van der Waals surface area (Å²) < 4.78 is 1.53. The van der Waals surface area contributed by atoms with E-state index in [2.05, 4.69) is 62.2 Å². The smallest absolute Gasteiger partial charge is 0.247 e. The summed E-state index contributed by atoms with van der Waals surface area (Å²) in [6.07, 6.45) is 7.66. The average molecular weight is 1050 g/mol. The maximum Gasteiger partial charge on any atom is 0.247 e. The molecule has 5 heterocycles. The lowest BCUT2D eigenvalue weighted by molar-refractivity contribution is -0.142. The number of primary amides is 1. The number of hydrogen-bond donors (Lipinski definition) is 12. The normalized spacial score (nSPS) is 24.3. The van der Waals surface area contributed by atoms with Crippen molar-refractivity contribution in [1.29, 1.82) is 0 Å². The molecule has 404 valence electrons. The molecule has 0 radical (unpaired) electrons. The average Bonchev–Trinajstić information content (AvgIpc) is 4.24.